The molecule has 1 N–H and O–H groups in total. The van der Waals surface area contributed by atoms with Gasteiger partial charge in [-0.1, -0.05) is 6.92 Å². The zero-order valence-electron chi connectivity index (χ0n) is 10.4. The lowest BCUT2D eigenvalue weighted by Crippen LogP contribution is -2.50. The van der Waals surface area contributed by atoms with Crippen molar-refractivity contribution < 1.29 is 14.3 Å². The van der Waals surface area contributed by atoms with Crippen molar-refractivity contribution in [3.63, 3.8) is 0 Å². The first-order valence-corrected chi connectivity index (χ1v) is 5.41. The summed E-state index contributed by atoms with van der Waals surface area (Å²) in [5.41, 5.74) is -0.640. The lowest BCUT2D eigenvalue weighted by Gasteiger charge is -2.27. The Kier molecular flexibility index (Phi) is 6.52. The second-order valence-electron chi connectivity index (χ2n) is 4.02. The van der Waals surface area contributed by atoms with Crippen molar-refractivity contribution in [1.29, 1.82) is 0 Å². The molecule has 0 saturated carbocycles. The monoisotopic (exact) mass is 217 g/mol. The molecule has 0 aromatic heterocycles. The molecule has 4 heteroatoms. The predicted molar refractivity (Wildman–Crippen MR) is 59.8 cm³/mol. The first-order chi connectivity index (χ1) is 6.96. The fraction of sp³-hybridized carbons (Fsp3) is 0.909. The third kappa shape index (κ3) is 5.14. The Bertz CT molecular complexity index is 194. The van der Waals surface area contributed by atoms with Crippen LogP contribution in [0.15, 0.2) is 0 Å². The van der Waals surface area contributed by atoms with Gasteiger partial charge in [0.15, 0.2) is 0 Å². The number of carbonyl (C=O) groups is 1. The minimum absolute atomic E-state index is 0.188. The van der Waals surface area contributed by atoms with E-state index in [0.29, 0.717) is 13.0 Å². The summed E-state index contributed by atoms with van der Waals surface area (Å²) in [6, 6.07) is 0. The summed E-state index contributed by atoms with van der Waals surface area (Å²) in [5.74, 6) is -0.239. The van der Waals surface area contributed by atoms with Gasteiger partial charge in [-0.2, -0.15) is 0 Å². The van der Waals surface area contributed by atoms with Gasteiger partial charge in [0.25, 0.3) is 0 Å². The van der Waals surface area contributed by atoms with Gasteiger partial charge >= 0.3 is 5.97 Å². The summed E-state index contributed by atoms with van der Waals surface area (Å²) in [6.07, 6.45) is 0.805. The van der Waals surface area contributed by atoms with Crippen LogP contribution < -0.4 is 5.32 Å². The van der Waals surface area contributed by atoms with E-state index in [1.54, 1.807) is 0 Å². The summed E-state index contributed by atoms with van der Waals surface area (Å²) in [7, 11) is 1.40. The van der Waals surface area contributed by atoms with Crippen LogP contribution in [0, 0.1) is 0 Å². The highest BCUT2D eigenvalue weighted by molar-refractivity contribution is 5.80. The number of ether oxygens (including phenoxy) is 2. The molecule has 0 aliphatic carbocycles. The molecule has 4 nitrogen and oxygen atoms in total. The van der Waals surface area contributed by atoms with Crippen LogP contribution in [0.5, 0.6) is 0 Å². The van der Waals surface area contributed by atoms with Gasteiger partial charge in [-0.15, -0.1) is 0 Å². The zero-order valence-corrected chi connectivity index (χ0v) is 10.4. The van der Waals surface area contributed by atoms with Crippen molar-refractivity contribution >= 4 is 5.97 Å². The largest absolute Gasteiger partial charge is 0.468 e. The van der Waals surface area contributed by atoms with E-state index in [1.807, 2.05) is 27.7 Å². The molecule has 0 aliphatic heterocycles. The van der Waals surface area contributed by atoms with Crippen LogP contribution in [0.3, 0.4) is 0 Å². The van der Waals surface area contributed by atoms with Gasteiger partial charge in [0.1, 0.15) is 5.54 Å². The third-order valence-corrected chi connectivity index (χ3v) is 2.26. The lowest BCUT2D eigenvalue weighted by molar-refractivity contribution is -0.149. The van der Waals surface area contributed by atoms with E-state index in [4.69, 9.17) is 9.47 Å². The summed E-state index contributed by atoms with van der Waals surface area (Å²) in [5, 5.41) is 3.13. The predicted octanol–water partition coefficient (Wildman–Crippen LogP) is 1.34. The molecule has 0 aromatic rings. The van der Waals surface area contributed by atoms with Gasteiger partial charge in [-0.05, 0) is 33.7 Å². The quantitative estimate of drug-likeness (QED) is 0.654. The third-order valence-electron chi connectivity index (χ3n) is 2.26. The molecule has 0 aromatic carbocycles. The van der Waals surface area contributed by atoms with Crippen molar-refractivity contribution in [2.24, 2.45) is 0 Å². The molecule has 0 rings (SSSR count). The first-order valence-electron chi connectivity index (χ1n) is 5.41. The van der Waals surface area contributed by atoms with Gasteiger partial charge in [-0.3, -0.25) is 4.79 Å². The SMILES string of the molecule is CCNC(C)(CCOC(C)C)C(=O)OC. The molecule has 0 radical (unpaired) electrons. The molecule has 1 unspecified atom stereocenters. The van der Waals surface area contributed by atoms with Crippen LogP contribution in [-0.4, -0.2) is 37.9 Å². The molecule has 0 saturated heterocycles. The summed E-state index contributed by atoms with van der Waals surface area (Å²) in [6.45, 7) is 9.03. The van der Waals surface area contributed by atoms with E-state index >= 15 is 0 Å². The molecule has 0 heterocycles. The van der Waals surface area contributed by atoms with E-state index in [2.05, 4.69) is 5.32 Å². The standard InChI is InChI=1S/C11H23NO3/c1-6-12-11(4,10(13)14-5)7-8-15-9(2)3/h9,12H,6-8H2,1-5H3. The van der Waals surface area contributed by atoms with Crippen LogP contribution in [0.4, 0.5) is 0 Å². The Morgan fingerprint density at radius 3 is 2.47 bits per heavy atom. The Labute approximate surface area is 92.3 Å². The maximum atomic E-state index is 11.6. The fourth-order valence-electron chi connectivity index (χ4n) is 1.38. The smallest absolute Gasteiger partial charge is 0.325 e. The van der Waals surface area contributed by atoms with E-state index in [0.717, 1.165) is 6.54 Å². The highest BCUT2D eigenvalue weighted by Crippen LogP contribution is 2.12. The van der Waals surface area contributed by atoms with Crippen molar-refractivity contribution in [2.75, 3.05) is 20.3 Å². The molecule has 0 fully saturated rings. The van der Waals surface area contributed by atoms with Gasteiger partial charge < -0.3 is 14.8 Å². The van der Waals surface area contributed by atoms with Crippen LogP contribution in [-0.2, 0) is 14.3 Å². The minimum Gasteiger partial charge on any atom is -0.468 e. The normalized spacial score (nSPS) is 15.1. The number of rotatable bonds is 7. The minimum atomic E-state index is -0.640. The van der Waals surface area contributed by atoms with E-state index < -0.39 is 5.54 Å². The maximum Gasteiger partial charge on any atom is 0.325 e. The first kappa shape index (κ1) is 14.4. The number of hydrogen-bond donors (Lipinski definition) is 1. The van der Waals surface area contributed by atoms with Crippen molar-refractivity contribution in [3.05, 3.63) is 0 Å². The summed E-state index contributed by atoms with van der Waals surface area (Å²) in [4.78, 5) is 11.6. The number of hydrogen-bond acceptors (Lipinski definition) is 4. The van der Waals surface area contributed by atoms with Crippen LogP contribution in [0.2, 0.25) is 0 Å². The second-order valence-corrected chi connectivity index (χ2v) is 4.02. The molecular formula is C11H23NO3. The Morgan fingerprint density at radius 2 is 2.07 bits per heavy atom. The Hall–Kier alpha value is -0.610. The zero-order chi connectivity index (χ0) is 11.9. The van der Waals surface area contributed by atoms with Crippen molar-refractivity contribution in [3.8, 4) is 0 Å². The summed E-state index contributed by atoms with van der Waals surface area (Å²) < 4.78 is 10.2. The number of nitrogens with one attached hydrogen (secondary N) is 1. The number of carbonyl (C=O) groups excluding carboxylic acids is 1. The van der Waals surface area contributed by atoms with Gasteiger partial charge in [0.2, 0.25) is 0 Å². The molecule has 1 atom stereocenters. The van der Waals surface area contributed by atoms with E-state index in [1.165, 1.54) is 7.11 Å². The molecular weight excluding hydrogens is 194 g/mol. The molecule has 0 aliphatic rings. The van der Waals surface area contributed by atoms with Crippen LogP contribution in [0.1, 0.15) is 34.1 Å². The molecule has 0 spiro atoms. The topological polar surface area (TPSA) is 47.6 Å². The Morgan fingerprint density at radius 1 is 1.47 bits per heavy atom. The second kappa shape index (κ2) is 6.80. The van der Waals surface area contributed by atoms with E-state index in [9.17, 15) is 4.79 Å². The fourth-order valence-corrected chi connectivity index (χ4v) is 1.38. The number of likely N-dealkylation sites (N-methyl/N-ethyl adjacent to an activating group) is 1. The van der Waals surface area contributed by atoms with Gasteiger partial charge in [0.05, 0.1) is 13.2 Å². The van der Waals surface area contributed by atoms with E-state index in [-0.39, 0.29) is 12.1 Å². The Balaban J connectivity index is 4.19. The highest BCUT2D eigenvalue weighted by atomic mass is 16.5. The lowest BCUT2D eigenvalue weighted by atomic mass is 9.98. The maximum absolute atomic E-state index is 11.6. The van der Waals surface area contributed by atoms with Crippen LogP contribution >= 0.6 is 0 Å². The molecule has 0 bridgehead atoms. The molecule has 90 valence electrons. The summed E-state index contributed by atoms with van der Waals surface area (Å²) >= 11 is 0. The molecule has 15 heavy (non-hydrogen) atoms. The molecule has 0 amide bonds. The van der Waals surface area contributed by atoms with Crippen molar-refractivity contribution in [2.45, 2.75) is 45.8 Å². The van der Waals surface area contributed by atoms with Crippen molar-refractivity contribution in [1.82, 2.24) is 5.32 Å². The number of methoxy groups -OCH3 is 1. The van der Waals surface area contributed by atoms with Gasteiger partial charge in [0, 0.05) is 6.61 Å². The highest BCUT2D eigenvalue weighted by Gasteiger charge is 2.32. The average molecular weight is 217 g/mol. The average Bonchev–Trinajstić information content (AvgIpc) is 2.16. The number of esters is 1. The van der Waals surface area contributed by atoms with Gasteiger partial charge in [-0.25, -0.2) is 0 Å². The van der Waals surface area contributed by atoms with Crippen LogP contribution in [0.25, 0.3) is 0 Å².